The molecule has 0 aromatic heterocycles. The molecular formula is C7H9BClO3. The molecule has 2 N–H and O–H groups in total. The second-order valence-corrected chi connectivity index (χ2v) is 2.21. The summed E-state index contributed by atoms with van der Waals surface area (Å²) in [6.07, 6.45) is 0. The standard InChI is InChI=1S/C7H7ClO.BH2O2/c1-9-7-4-2-6(8)3-5-7;2-1-3/h2-5H,1H3;2-3H. The Labute approximate surface area is 76.9 Å². The average molecular weight is 187 g/mol. The lowest BCUT2D eigenvalue weighted by atomic mass is 10.3. The van der Waals surface area contributed by atoms with E-state index in [1.807, 2.05) is 12.1 Å². The SMILES string of the molecule is COc1ccc(Cl)cc1.O[B]O. The molecule has 0 spiro atoms. The Hall–Kier alpha value is -0.705. The lowest BCUT2D eigenvalue weighted by Gasteiger charge is -1.96. The molecule has 3 nitrogen and oxygen atoms in total. The van der Waals surface area contributed by atoms with Gasteiger partial charge in [0.25, 0.3) is 0 Å². The predicted molar refractivity (Wildman–Crippen MR) is 48.2 cm³/mol. The van der Waals surface area contributed by atoms with Gasteiger partial charge in [-0.05, 0) is 24.3 Å². The molecule has 0 bridgehead atoms. The summed E-state index contributed by atoms with van der Waals surface area (Å²) < 4.78 is 4.91. The lowest BCUT2D eigenvalue weighted by Crippen LogP contribution is -1.79. The van der Waals surface area contributed by atoms with Gasteiger partial charge in [-0.15, -0.1) is 0 Å². The number of halogens is 1. The maximum absolute atomic E-state index is 7.00. The van der Waals surface area contributed by atoms with Crippen molar-refractivity contribution in [2.75, 3.05) is 7.11 Å². The first-order valence-corrected chi connectivity index (χ1v) is 3.52. The van der Waals surface area contributed by atoms with Crippen molar-refractivity contribution in [3.05, 3.63) is 29.3 Å². The average Bonchev–Trinajstić information content (AvgIpc) is 2.07. The first-order valence-electron chi connectivity index (χ1n) is 3.14. The van der Waals surface area contributed by atoms with E-state index >= 15 is 0 Å². The molecule has 0 atom stereocenters. The monoisotopic (exact) mass is 187 g/mol. The number of benzene rings is 1. The normalized spacial score (nSPS) is 8.00. The first kappa shape index (κ1) is 11.3. The van der Waals surface area contributed by atoms with Crippen LogP contribution < -0.4 is 4.74 Å². The fourth-order valence-electron chi connectivity index (χ4n) is 0.571. The van der Waals surface area contributed by atoms with E-state index in [4.69, 9.17) is 26.4 Å². The fraction of sp³-hybridized carbons (Fsp3) is 0.143. The van der Waals surface area contributed by atoms with Crippen LogP contribution in [-0.2, 0) is 0 Å². The van der Waals surface area contributed by atoms with Crippen LogP contribution in [0.3, 0.4) is 0 Å². The van der Waals surface area contributed by atoms with E-state index in [2.05, 4.69) is 0 Å². The van der Waals surface area contributed by atoms with E-state index in [-0.39, 0.29) is 7.69 Å². The number of hydrogen-bond acceptors (Lipinski definition) is 3. The second kappa shape index (κ2) is 6.97. The van der Waals surface area contributed by atoms with Crippen LogP contribution in [0.4, 0.5) is 0 Å². The molecule has 0 aliphatic carbocycles. The van der Waals surface area contributed by atoms with Crippen LogP contribution in [0.5, 0.6) is 5.75 Å². The third kappa shape index (κ3) is 5.01. The van der Waals surface area contributed by atoms with E-state index in [0.717, 1.165) is 10.8 Å². The highest BCUT2D eigenvalue weighted by Crippen LogP contribution is 2.14. The van der Waals surface area contributed by atoms with Gasteiger partial charge in [0, 0.05) is 5.02 Å². The van der Waals surface area contributed by atoms with Crippen molar-refractivity contribution in [3.63, 3.8) is 0 Å². The Balaban J connectivity index is 0.000000354. The summed E-state index contributed by atoms with van der Waals surface area (Å²) in [5.74, 6) is 0.833. The number of rotatable bonds is 1. The minimum absolute atomic E-state index is 0. The summed E-state index contributed by atoms with van der Waals surface area (Å²) in [6.45, 7) is 0. The summed E-state index contributed by atoms with van der Waals surface area (Å²) in [5, 5.41) is 14.7. The number of ether oxygens (including phenoxy) is 1. The van der Waals surface area contributed by atoms with Crippen LogP contribution in [0, 0.1) is 0 Å². The molecule has 0 unspecified atom stereocenters. The molecule has 1 rings (SSSR count). The highest BCUT2D eigenvalue weighted by Gasteiger charge is 1.87. The van der Waals surface area contributed by atoms with E-state index in [1.54, 1.807) is 19.2 Å². The molecule has 0 aliphatic heterocycles. The van der Waals surface area contributed by atoms with Crippen LogP contribution >= 0.6 is 11.6 Å². The smallest absolute Gasteiger partial charge is 0.482 e. The topological polar surface area (TPSA) is 49.7 Å². The lowest BCUT2D eigenvalue weighted by molar-refractivity contribution is 0.415. The maximum atomic E-state index is 7.00. The van der Waals surface area contributed by atoms with Crippen LogP contribution in [0.2, 0.25) is 5.02 Å². The van der Waals surface area contributed by atoms with Crippen molar-refractivity contribution in [1.82, 2.24) is 0 Å². The van der Waals surface area contributed by atoms with E-state index in [1.165, 1.54) is 0 Å². The van der Waals surface area contributed by atoms with Gasteiger partial charge >= 0.3 is 7.69 Å². The molecule has 12 heavy (non-hydrogen) atoms. The molecule has 65 valence electrons. The van der Waals surface area contributed by atoms with Gasteiger partial charge in [0.05, 0.1) is 7.11 Å². The zero-order valence-corrected chi connectivity index (χ0v) is 7.32. The van der Waals surface area contributed by atoms with Gasteiger partial charge in [0.1, 0.15) is 5.75 Å². The minimum atomic E-state index is 0. The van der Waals surface area contributed by atoms with Gasteiger partial charge in [0.15, 0.2) is 0 Å². The molecule has 1 aromatic carbocycles. The molecule has 0 heterocycles. The van der Waals surface area contributed by atoms with Crippen molar-refractivity contribution >= 4 is 19.3 Å². The fourth-order valence-corrected chi connectivity index (χ4v) is 0.697. The Kier molecular flexibility index (Phi) is 6.56. The Bertz CT molecular complexity index is 202. The van der Waals surface area contributed by atoms with Crippen LogP contribution in [0.1, 0.15) is 0 Å². The van der Waals surface area contributed by atoms with Crippen molar-refractivity contribution < 1.29 is 14.8 Å². The highest BCUT2D eigenvalue weighted by molar-refractivity contribution is 6.30. The Morgan fingerprint density at radius 2 is 1.67 bits per heavy atom. The predicted octanol–water partition coefficient (Wildman–Crippen LogP) is 0.854. The van der Waals surface area contributed by atoms with Crippen molar-refractivity contribution in [2.45, 2.75) is 0 Å². The van der Waals surface area contributed by atoms with Crippen LogP contribution in [-0.4, -0.2) is 24.8 Å². The molecule has 0 saturated heterocycles. The van der Waals surface area contributed by atoms with Gasteiger partial charge in [-0.3, -0.25) is 0 Å². The summed E-state index contributed by atoms with van der Waals surface area (Å²) in [7, 11) is 1.63. The summed E-state index contributed by atoms with van der Waals surface area (Å²) in [4.78, 5) is 0. The van der Waals surface area contributed by atoms with Crippen LogP contribution in [0.15, 0.2) is 24.3 Å². The van der Waals surface area contributed by atoms with Gasteiger partial charge in [-0.1, -0.05) is 11.6 Å². The van der Waals surface area contributed by atoms with Gasteiger partial charge in [-0.25, -0.2) is 0 Å². The van der Waals surface area contributed by atoms with Gasteiger partial charge in [-0.2, -0.15) is 0 Å². The van der Waals surface area contributed by atoms with Crippen LogP contribution in [0.25, 0.3) is 0 Å². The Morgan fingerprint density at radius 3 is 2.00 bits per heavy atom. The molecule has 1 aromatic rings. The maximum Gasteiger partial charge on any atom is 0.482 e. The minimum Gasteiger partial charge on any atom is -0.497 e. The van der Waals surface area contributed by atoms with E-state index in [0.29, 0.717) is 0 Å². The molecule has 1 radical (unpaired) electrons. The van der Waals surface area contributed by atoms with E-state index in [9.17, 15) is 0 Å². The largest absolute Gasteiger partial charge is 0.497 e. The summed E-state index contributed by atoms with van der Waals surface area (Å²) in [5.41, 5.74) is 0. The number of hydrogen-bond donors (Lipinski definition) is 2. The Morgan fingerprint density at radius 1 is 1.25 bits per heavy atom. The zero-order valence-electron chi connectivity index (χ0n) is 6.57. The second-order valence-electron chi connectivity index (χ2n) is 1.77. The molecular weight excluding hydrogens is 178 g/mol. The van der Waals surface area contributed by atoms with Crippen molar-refractivity contribution in [1.29, 1.82) is 0 Å². The summed E-state index contributed by atoms with van der Waals surface area (Å²) >= 11 is 5.61. The quantitative estimate of drug-likeness (QED) is 0.641. The van der Waals surface area contributed by atoms with Gasteiger partial charge in [0.2, 0.25) is 0 Å². The molecule has 0 saturated carbocycles. The molecule has 0 fully saturated rings. The molecule has 5 heteroatoms. The first-order chi connectivity index (χ1) is 5.74. The molecule has 0 amide bonds. The van der Waals surface area contributed by atoms with E-state index < -0.39 is 0 Å². The summed E-state index contributed by atoms with van der Waals surface area (Å²) in [6, 6.07) is 7.23. The van der Waals surface area contributed by atoms with Gasteiger partial charge < -0.3 is 14.8 Å². The molecule has 0 aliphatic rings. The van der Waals surface area contributed by atoms with Crippen molar-refractivity contribution in [3.8, 4) is 5.75 Å². The zero-order chi connectivity index (χ0) is 9.40. The third-order valence-electron chi connectivity index (χ3n) is 1.05. The third-order valence-corrected chi connectivity index (χ3v) is 1.30. The highest BCUT2D eigenvalue weighted by atomic mass is 35.5. The van der Waals surface area contributed by atoms with Crippen molar-refractivity contribution in [2.24, 2.45) is 0 Å². The number of methoxy groups -OCH3 is 1.